The molecule has 0 saturated carbocycles. The summed E-state index contributed by atoms with van der Waals surface area (Å²) in [6.45, 7) is -0.185. The Morgan fingerprint density at radius 3 is 1.13 bits per heavy atom. The molecule has 0 fully saturated rings. The van der Waals surface area contributed by atoms with E-state index < -0.39 is 23.9 Å². The van der Waals surface area contributed by atoms with E-state index in [-0.39, 0.29) is 24.3 Å². The van der Waals surface area contributed by atoms with Gasteiger partial charge in [0.15, 0.2) is 13.2 Å². The quantitative estimate of drug-likeness (QED) is 0.551. The molecule has 0 atom stereocenters. The lowest BCUT2D eigenvalue weighted by Gasteiger charge is -2.03. The number of hydrogen-bond acceptors (Lipinski definition) is 6. The van der Waals surface area contributed by atoms with Crippen molar-refractivity contribution in [1.29, 1.82) is 0 Å². The molecule has 30 heavy (non-hydrogen) atoms. The van der Waals surface area contributed by atoms with E-state index in [9.17, 15) is 19.2 Å². The van der Waals surface area contributed by atoms with Gasteiger partial charge in [-0.25, -0.2) is 19.2 Å². The predicted molar refractivity (Wildman–Crippen MR) is 105 cm³/mol. The first kappa shape index (κ1) is 23.5. The summed E-state index contributed by atoms with van der Waals surface area (Å²) in [6.07, 6.45) is 9.92. The van der Waals surface area contributed by atoms with Gasteiger partial charge in [0.1, 0.15) is 0 Å². The third-order valence-electron chi connectivity index (χ3n) is 3.31. The number of esters is 2. The van der Waals surface area contributed by atoms with Gasteiger partial charge in [-0.3, -0.25) is 0 Å². The van der Waals surface area contributed by atoms with Gasteiger partial charge in [0.2, 0.25) is 0 Å². The highest BCUT2D eigenvalue weighted by Crippen LogP contribution is 2.07. The van der Waals surface area contributed by atoms with E-state index in [1.54, 1.807) is 0 Å². The first-order valence-electron chi connectivity index (χ1n) is 8.18. The highest BCUT2D eigenvalue weighted by Gasteiger charge is 2.10. The molecule has 0 radical (unpaired) electrons. The van der Waals surface area contributed by atoms with Crippen LogP contribution in [0.15, 0.2) is 48.5 Å². The molecule has 0 aliphatic rings. The highest BCUT2D eigenvalue weighted by atomic mass is 16.5. The van der Waals surface area contributed by atoms with Crippen LogP contribution >= 0.6 is 0 Å². The zero-order valence-electron chi connectivity index (χ0n) is 15.5. The minimum Gasteiger partial charge on any atom is -0.478 e. The van der Waals surface area contributed by atoms with Gasteiger partial charge in [-0.05, 0) is 48.5 Å². The Morgan fingerprint density at radius 2 is 0.900 bits per heavy atom. The summed E-state index contributed by atoms with van der Waals surface area (Å²) in [6, 6.07) is 10.8. The zero-order valence-corrected chi connectivity index (χ0v) is 15.5. The summed E-state index contributed by atoms with van der Waals surface area (Å²) in [5.41, 5.74) is 0.775. The monoisotopic (exact) mass is 408 g/mol. The molecule has 2 rings (SSSR count). The van der Waals surface area contributed by atoms with Gasteiger partial charge in [-0.2, -0.15) is 0 Å². The lowest BCUT2D eigenvalue weighted by Crippen LogP contribution is -2.08. The van der Waals surface area contributed by atoms with Crippen molar-refractivity contribution >= 4 is 23.9 Å². The molecule has 2 aromatic carbocycles. The minimum absolute atomic E-state index is 0.0833. The summed E-state index contributed by atoms with van der Waals surface area (Å²) in [5.74, 6) is 1.15. The van der Waals surface area contributed by atoms with Crippen molar-refractivity contribution in [2.75, 3.05) is 13.2 Å². The van der Waals surface area contributed by atoms with E-state index >= 15 is 0 Å². The molecule has 152 valence electrons. The normalized spacial score (nSPS) is 9.00. The van der Waals surface area contributed by atoms with Gasteiger partial charge in [-0.15, -0.1) is 12.8 Å². The molecule has 2 aromatic rings. The molecule has 0 spiro atoms. The summed E-state index contributed by atoms with van der Waals surface area (Å²) < 4.78 is 9.45. The van der Waals surface area contributed by atoms with Crippen LogP contribution in [0.3, 0.4) is 0 Å². The number of carbonyl (C=O) groups excluding carboxylic acids is 2. The third-order valence-corrected chi connectivity index (χ3v) is 3.31. The topological polar surface area (TPSA) is 127 Å². The number of hydrogen-bond donors (Lipinski definition) is 2. The van der Waals surface area contributed by atoms with Crippen molar-refractivity contribution in [2.45, 2.75) is 0 Å². The number of terminal acetylenes is 2. The van der Waals surface area contributed by atoms with Crippen molar-refractivity contribution in [2.24, 2.45) is 0 Å². The number of aromatic carboxylic acids is 2. The zero-order chi connectivity index (χ0) is 22.5. The summed E-state index contributed by atoms with van der Waals surface area (Å²) in [7, 11) is 0. The van der Waals surface area contributed by atoms with Crippen molar-refractivity contribution in [3.05, 3.63) is 70.8 Å². The molecular formula is C22H16O8. The number of rotatable bonds is 6. The third kappa shape index (κ3) is 7.59. The van der Waals surface area contributed by atoms with Crippen LogP contribution in [0.4, 0.5) is 0 Å². The Balaban J connectivity index is 0.000000325. The average molecular weight is 408 g/mol. The van der Waals surface area contributed by atoms with Gasteiger partial charge in [0.05, 0.1) is 22.3 Å². The van der Waals surface area contributed by atoms with Crippen LogP contribution in [0.2, 0.25) is 0 Å². The summed E-state index contributed by atoms with van der Waals surface area (Å²) in [5, 5.41) is 16.9. The van der Waals surface area contributed by atoms with Gasteiger partial charge >= 0.3 is 23.9 Å². The maximum atomic E-state index is 11.4. The molecule has 0 saturated heterocycles. The number of benzene rings is 2. The maximum absolute atomic E-state index is 11.4. The SMILES string of the molecule is C#CCOC(=O)c1ccc(C(=O)OCC#C)cc1.O=C(O)c1ccc(C(=O)O)cc1. The molecule has 8 nitrogen and oxygen atoms in total. The molecule has 0 unspecified atom stereocenters. The molecule has 0 aromatic heterocycles. The van der Waals surface area contributed by atoms with Crippen molar-refractivity contribution in [1.82, 2.24) is 0 Å². The van der Waals surface area contributed by atoms with Crippen LogP contribution < -0.4 is 0 Å². The van der Waals surface area contributed by atoms with Crippen LogP contribution in [0, 0.1) is 24.7 Å². The Kier molecular flexibility index (Phi) is 9.40. The van der Waals surface area contributed by atoms with Gasteiger partial charge in [0.25, 0.3) is 0 Å². The molecule has 0 heterocycles. The van der Waals surface area contributed by atoms with E-state index in [0.29, 0.717) is 11.1 Å². The largest absolute Gasteiger partial charge is 0.478 e. The van der Waals surface area contributed by atoms with Crippen LogP contribution in [-0.2, 0) is 9.47 Å². The van der Waals surface area contributed by atoms with Crippen LogP contribution in [0.5, 0.6) is 0 Å². The minimum atomic E-state index is -1.06. The first-order valence-corrected chi connectivity index (χ1v) is 8.18. The van der Waals surface area contributed by atoms with E-state index in [1.807, 2.05) is 0 Å². The van der Waals surface area contributed by atoms with Crippen LogP contribution in [0.1, 0.15) is 41.4 Å². The lowest BCUT2D eigenvalue weighted by molar-refractivity contribution is 0.0542. The molecule has 0 aliphatic heterocycles. The summed E-state index contributed by atoms with van der Waals surface area (Å²) >= 11 is 0. The Bertz CT molecular complexity index is 907. The molecule has 2 N–H and O–H groups in total. The second-order valence-corrected chi connectivity index (χ2v) is 5.33. The van der Waals surface area contributed by atoms with E-state index in [4.69, 9.17) is 32.5 Å². The van der Waals surface area contributed by atoms with Crippen molar-refractivity contribution in [3.8, 4) is 24.7 Å². The van der Waals surface area contributed by atoms with E-state index in [0.717, 1.165) is 0 Å². The Labute approximate surface area is 172 Å². The van der Waals surface area contributed by atoms with Gasteiger partial charge in [-0.1, -0.05) is 11.8 Å². The highest BCUT2D eigenvalue weighted by molar-refractivity contribution is 5.93. The van der Waals surface area contributed by atoms with Crippen molar-refractivity contribution < 1.29 is 38.9 Å². The van der Waals surface area contributed by atoms with E-state index in [2.05, 4.69) is 11.8 Å². The van der Waals surface area contributed by atoms with Gasteiger partial charge < -0.3 is 19.7 Å². The smallest absolute Gasteiger partial charge is 0.339 e. The maximum Gasteiger partial charge on any atom is 0.339 e. The van der Waals surface area contributed by atoms with Gasteiger partial charge in [0, 0.05) is 0 Å². The standard InChI is InChI=1S/C14H10O4.C8H6O4/c1-3-9-17-13(15)11-5-7-12(8-6-11)14(16)18-10-4-2;9-7(10)5-1-2-6(4-3-5)8(11)12/h1-2,5-8H,9-10H2;1-4H,(H,9,10)(H,11,12). The molecular weight excluding hydrogens is 392 g/mol. The second kappa shape index (κ2) is 12.0. The lowest BCUT2D eigenvalue weighted by atomic mass is 10.1. The predicted octanol–water partition coefficient (Wildman–Crippen LogP) is 2.35. The fourth-order valence-corrected chi connectivity index (χ4v) is 1.88. The molecule has 0 aliphatic carbocycles. The summed E-state index contributed by atoms with van der Waals surface area (Å²) in [4.78, 5) is 43.5. The number of ether oxygens (including phenoxy) is 2. The molecule has 8 heteroatoms. The number of carbonyl (C=O) groups is 4. The van der Waals surface area contributed by atoms with Crippen molar-refractivity contribution in [3.63, 3.8) is 0 Å². The fraction of sp³-hybridized carbons (Fsp3) is 0.0909. The average Bonchev–Trinajstić information content (AvgIpc) is 2.76. The number of carboxylic acid groups (broad SMARTS) is 2. The molecule has 0 amide bonds. The first-order chi connectivity index (χ1) is 14.3. The van der Waals surface area contributed by atoms with Crippen LogP contribution in [-0.4, -0.2) is 47.3 Å². The second-order valence-electron chi connectivity index (χ2n) is 5.33. The Hall–Kier alpha value is -4.56. The van der Waals surface area contributed by atoms with E-state index in [1.165, 1.54) is 48.5 Å². The van der Waals surface area contributed by atoms with Crippen LogP contribution in [0.25, 0.3) is 0 Å². The fourth-order valence-electron chi connectivity index (χ4n) is 1.88. The number of carboxylic acids is 2. The Morgan fingerprint density at radius 1 is 0.633 bits per heavy atom. The molecule has 0 bridgehead atoms.